The third-order valence-electron chi connectivity index (χ3n) is 6.05. The molecule has 0 saturated heterocycles. The van der Waals surface area contributed by atoms with Crippen LogP contribution in [0.2, 0.25) is 5.02 Å². The minimum absolute atomic E-state index is 0.262. The zero-order valence-corrected chi connectivity index (χ0v) is 16.1. The van der Waals surface area contributed by atoms with Crippen molar-refractivity contribution in [3.05, 3.63) is 23.4 Å². The van der Waals surface area contributed by atoms with Gasteiger partial charge < -0.3 is 10.1 Å². The first-order chi connectivity index (χ1) is 12.3. The van der Waals surface area contributed by atoms with Crippen LogP contribution in [0.5, 0.6) is 0 Å². The fourth-order valence-corrected chi connectivity index (χ4v) is 6.21. The number of nitrogens with zero attached hydrogens (tertiary/aromatic N) is 1. The molecule has 4 saturated carbocycles. The summed E-state index contributed by atoms with van der Waals surface area (Å²) in [6.07, 6.45) is 6.06. The number of anilines is 1. The standard InChI is InChI=1S/C19H22Cl2N2O3/c1-11(16(24)23-15-3-2-14(20)9-22-15)26-17(25)18-5-12-4-13(6-18)8-19(21,7-12)10-18/h2-3,9,11-13H,4-8,10H2,1H3,(H,22,23,24)/t11-,12-,13+,18?,19?/m1/s1. The first-order valence-corrected chi connectivity index (χ1v) is 9.85. The number of carbonyl (C=O) groups excluding carboxylic acids is 2. The molecule has 0 aromatic carbocycles. The molecule has 140 valence electrons. The van der Waals surface area contributed by atoms with Gasteiger partial charge in [0.2, 0.25) is 0 Å². The van der Waals surface area contributed by atoms with Crippen LogP contribution < -0.4 is 5.32 Å². The number of aromatic nitrogens is 1. The van der Waals surface area contributed by atoms with Crippen molar-refractivity contribution < 1.29 is 14.3 Å². The zero-order chi connectivity index (χ0) is 18.5. The van der Waals surface area contributed by atoms with Gasteiger partial charge in [0.25, 0.3) is 5.91 Å². The Morgan fingerprint density at radius 1 is 1.27 bits per heavy atom. The molecule has 4 aliphatic rings. The quantitative estimate of drug-likeness (QED) is 0.611. The molecule has 0 spiro atoms. The molecule has 1 aromatic heterocycles. The number of carbonyl (C=O) groups is 2. The van der Waals surface area contributed by atoms with E-state index in [4.69, 9.17) is 27.9 Å². The molecule has 5 nitrogen and oxygen atoms in total. The van der Waals surface area contributed by atoms with Gasteiger partial charge in [0.1, 0.15) is 5.82 Å². The van der Waals surface area contributed by atoms with E-state index in [1.807, 2.05) is 0 Å². The Kier molecular flexibility index (Phi) is 4.43. The normalized spacial score (nSPS) is 35.8. The summed E-state index contributed by atoms with van der Waals surface area (Å²) in [5, 5.41) is 3.13. The second-order valence-electron chi connectivity index (χ2n) is 8.29. The number of alkyl halides is 1. The molecule has 5 rings (SSSR count). The summed E-state index contributed by atoms with van der Waals surface area (Å²) in [4.78, 5) is 29.1. The molecule has 5 atom stereocenters. The van der Waals surface area contributed by atoms with Gasteiger partial charge in [-0.1, -0.05) is 11.6 Å². The second kappa shape index (κ2) is 6.38. The van der Waals surface area contributed by atoms with Crippen molar-refractivity contribution >= 4 is 40.9 Å². The van der Waals surface area contributed by atoms with Crippen LogP contribution in [0.4, 0.5) is 5.82 Å². The van der Waals surface area contributed by atoms with Crippen molar-refractivity contribution in [2.45, 2.75) is 56.4 Å². The molecule has 1 amide bonds. The number of hydrogen-bond donors (Lipinski definition) is 1. The Labute approximate surface area is 162 Å². The fourth-order valence-electron chi connectivity index (χ4n) is 5.41. The molecule has 4 fully saturated rings. The lowest BCUT2D eigenvalue weighted by Gasteiger charge is -2.58. The highest BCUT2D eigenvalue weighted by Crippen LogP contribution is 2.64. The summed E-state index contributed by atoms with van der Waals surface area (Å²) in [6, 6.07) is 3.24. The van der Waals surface area contributed by atoms with Gasteiger partial charge in [-0.15, -0.1) is 11.6 Å². The fraction of sp³-hybridized carbons (Fsp3) is 0.632. The van der Waals surface area contributed by atoms with Crippen molar-refractivity contribution in [2.24, 2.45) is 17.3 Å². The molecule has 7 heteroatoms. The maximum absolute atomic E-state index is 13.0. The van der Waals surface area contributed by atoms with Crippen LogP contribution in [-0.4, -0.2) is 27.8 Å². The molecule has 4 bridgehead atoms. The van der Waals surface area contributed by atoms with E-state index in [9.17, 15) is 9.59 Å². The highest BCUT2D eigenvalue weighted by molar-refractivity contribution is 6.30. The van der Waals surface area contributed by atoms with Crippen molar-refractivity contribution in [1.82, 2.24) is 4.98 Å². The zero-order valence-electron chi connectivity index (χ0n) is 14.6. The Morgan fingerprint density at radius 3 is 2.54 bits per heavy atom. The van der Waals surface area contributed by atoms with E-state index in [-0.39, 0.29) is 10.8 Å². The summed E-state index contributed by atoms with van der Waals surface area (Å²) in [7, 11) is 0. The monoisotopic (exact) mass is 396 g/mol. The van der Waals surface area contributed by atoms with E-state index >= 15 is 0 Å². The number of esters is 1. The summed E-state index contributed by atoms with van der Waals surface area (Å²) in [5.41, 5.74) is -0.515. The molecule has 26 heavy (non-hydrogen) atoms. The minimum atomic E-state index is -0.890. The number of ether oxygens (including phenoxy) is 1. The number of nitrogens with one attached hydrogen (secondary N) is 1. The molecule has 0 radical (unpaired) electrons. The lowest BCUT2D eigenvalue weighted by Crippen LogP contribution is -2.57. The number of pyridine rings is 1. The highest BCUT2D eigenvalue weighted by Gasteiger charge is 2.61. The summed E-state index contributed by atoms with van der Waals surface area (Å²) in [5.74, 6) is 0.700. The molecule has 4 aliphatic carbocycles. The smallest absolute Gasteiger partial charge is 0.312 e. The lowest BCUT2D eigenvalue weighted by molar-refractivity contribution is -0.176. The van der Waals surface area contributed by atoms with Gasteiger partial charge in [-0.25, -0.2) is 4.98 Å². The Bertz CT molecular complexity index is 723. The highest BCUT2D eigenvalue weighted by atomic mass is 35.5. The van der Waals surface area contributed by atoms with Gasteiger partial charge in [0.05, 0.1) is 10.4 Å². The topological polar surface area (TPSA) is 68.3 Å². The molecule has 1 heterocycles. The number of amides is 1. The first kappa shape index (κ1) is 18.1. The average Bonchev–Trinajstić information content (AvgIpc) is 2.54. The maximum atomic E-state index is 13.0. The summed E-state index contributed by atoms with van der Waals surface area (Å²) < 4.78 is 5.57. The summed E-state index contributed by atoms with van der Waals surface area (Å²) in [6.45, 7) is 1.58. The van der Waals surface area contributed by atoms with Gasteiger partial charge >= 0.3 is 5.97 Å². The van der Waals surface area contributed by atoms with Crippen molar-refractivity contribution in [2.75, 3.05) is 5.32 Å². The predicted molar refractivity (Wildman–Crippen MR) is 99.1 cm³/mol. The van der Waals surface area contributed by atoms with Crippen molar-refractivity contribution in [3.8, 4) is 0 Å². The Hall–Kier alpha value is -1.33. The van der Waals surface area contributed by atoms with E-state index in [0.717, 1.165) is 25.7 Å². The third-order valence-corrected chi connectivity index (χ3v) is 6.72. The Morgan fingerprint density at radius 2 is 1.96 bits per heavy atom. The second-order valence-corrected chi connectivity index (χ2v) is 9.53. The molecular formula is C19H22Cl2N2O3. The maximum Gasteiger partial charge on any atom is 0.312 e. The average molecular weight is 397 g/mol. The number of hydrogen-bond acceptors (Lipinski definition) is 4. The van der Waals surface area contributed by atoms with Gasteiger partial charge in [0.15, 0.2) is 6.10 Å². The molecule has 0 aliphatic heterocycles. The first-order valence-electron chi connectivity index (χ1n) is 9.09. The largest absolute Gasteiger partial charge is 0.452 e. The van der Waals surface area contributed by atoms with Crippen molar-refractivity contribution in [1.29, 1.82) is 0 Å². The molecule has 1 N–H and O–H groups in total. The molecule has 2 unspecified atom stereocenters. The Balaban J connectivity index is 1.41. The number of halogens is 2. The van der Waals surface area contributed by atoms with Gasteiger partial charge in [-0.2, -0.15) is 0 Å². The van der Waals surface area contributed by atoms with E-state index < -0.39 is 17.4 Å². The van der Waals surface area contributed by atoms with Crippen LogP contribution in [-0.2, 0) is 14.3 Å². The van der Waals surface area contributed by atoms with Gasteiger partial charge in [-0.3, -0.25) is 9.59 Å². The van der Waals surface area contributed by atoms with Crippen LogP contribution in [0.25, 0.3) is 0 Å². The SMILES string of the molecule is C[C@@H](OC(=O)C12C[C@@H]3C[C@@H](CC(Cl)(C3)C1)C2)C(=O)Nc1ccc(Cl)cn1. The van der Waals surface area contributed by atoms with E-state index in [1.165, 1.54) is 12.6 Å². The van der Waals surface area contributed by atoms with E-state index in [1.54, 1.807) is 19.1 Å². The molecule has 1 aromatic rings. The minimum Gasteiger partial charge on any atom is -0.452 e. The van der Waals surface area contributed by atoms with Gasteiger partial charge in [0, 0.05) is 11.1 Å². The number of rotatable bonds is 4. The lowest BCUT2D eigenvalue weighted by atomic mass is 9.49. The van der Waals surface area contributed by atoms with Crippen LogP contribution in [0.3, 0.4) is 0 Å². The third kappa shape index (κ3) is 3.31. The summed E-state index contributed by atoms with van der Waals surface area (Å²) >= 11 is 12.6. The predicted octanol–water partition coefficient (Wildman–Crippen LogP) is 4.18. The van der Waals surface area contributed by atoms with Crippen LogP contribution in [0, 0.1) is 17.3 Å². The van der Waals surface area contributed by atoms with Crippen LogP contribution in [0.1, 0.15) is 45.4 Å². The van der Waals surface area contributed by atoms with Crippen LogP contribution >= 0.6 is 23.2 Å². The molecular weight excluding hydrogens is 375 g/mol. The van der Waals surface area contributed by atoms with Crippen LogP contribution in [0.15, 0.2) is 18.3 Å². The van der Waals surface area contributed by atoms with Crippen molar-refractivity contribution in [3.63, 3.8) is 0 Å². The van der Waals surface area contributed by atoms with Gasteiger partial charge in [-0.05, 0) is 69.4 Å². The van der Waals surface area contributed by atoms with E-state index in [2.05, 4.69) is 10.3 Å². The van der Waals surface area contributed by atoms with E-state index in [0.29, 0.717) is 29.1 Å².